The summed E-state index contributed by atoms with van der Waals surface area (Å²) in [7, 11) is 0. The van der Waals surface area contributed by atoms with Crippen LogP contribution in [0.4, 0.5) is 0 Å². The van der Waals surface area contributed by atoms with Crippen molar-refractivity contribution in [2.45, 2.75) is 26.8 Å². The van der Waals surface area contributed by atoms with Crippen LogP contribution in [0.25, 0.3) is 0 Å². The number of carbonyl (C=O) groups is 1. The second-order valence-electron chi connectivity index (χ2n) is 4.60. The van der Waals surface area contributed by atoms with Gasteiger partial charge in [0.15, 0.2) is 0 Å². The van der Waals surface area contributed by atoms with E-state index in [1.807, 2.05) is 37.3 Å². The molecule has 1 heterocycles. The molecule has 0 bridgehead atoms. The van der Waals surface area contributed by atoms with E-state index < -0.39 is 0 Å². The van der Waals surface area contributed by atoms with Gasteiger partial charge >= 0.3 is 5.97 Å². The van der Waals surface area contributed by atoms with Crippen molar-refractivity contribution in [3.8, 4) is 5.75 Å². The van der Waals surface area contributed by atoms with Crippen molar-refractivity contribution < 1.29 is 14.3 Å². The predicted octanol–water partition coefficient (Wildman–Crippen LogP) is 2.84. The summed E-state index contributed by atoms with van der Waals surface area (Å²) in [6, 6.07) is 9.70. The van der Waals surface area contributed by atoms with Gasteiger partial charge in [0.05, 0.1) is 19.4 Å². The van der Waals surface area contributed by atoms with E-state index in [1.54, 1.807) is 17.8 Å². The second kappa shape index (κ2) is 7.47. The maximum absolute atomic E-state index is 11.7. The molecule has 2 aromatic rings. The SMILES string of the molecule is CCOC(=O)c1cnn(CCCOc2ccccc2)c1C. The number of esters is 1. The molecule has 0 saturated carbocycles. The van der Waals surface area contributed by atoms with Crippen LogP contribution in [0.15, 0.2) is 36.5 Å². The van der Waals surface area contributed by atoms with Gasteiger partial charge < -0.3 is 9.47 Å². The number of hydrogen-bond donors (Lipinski definition) is 0. The van der Waals surface area contributed by atoms with Gasteiger partial charge in [-0.05, 0) is 26.0 Å². The van der Waals surface area contributed by atoms with Gasteiger partial charge in [0.25, 0.3) is 0 Å². The first-order chi connectivity index (χ1) is 10.2. The highest BCUT2D eigenvalue weighted by Crippen LogP contribution is 2.11. The summed E-state index contributed by atoms with van der Waals surface area (Å²) in [6.45, 7) is 5.35. The number of rotatable bonds is 7. The van der Waals surface area contributed by atoms with Crippen molar-refractivity contribution >= 4 is 5.97 Å². The molecule has 2 rings (SSSR count). The summed E-state index contributed by atoms with van der Waals surface area (Å²) in [5.41, 5.74) is 1.36. The normalized spacial score (nSPS) is 10.4. The zero-order valence-corrected chi connectivity index (χ0v) is 12.4. The summed E-state index contributed by atoms with van der Waals surface area (Å²) in [5, 5.41) is 4.22. The Morgan fingerprint density at radius 1 is 1.29 bits per heavy atom. The molecule has 1 aromatic heterocycles. The summed E-state index contributed by atoms with van der Waals surface area (Å²) >= 11 is 0. The Kier molecular flexibility index (Phi) is 5.37. The van der Waals surface area contributed by atoms with Crippen LogP contribution in [0, 0.1) is 6.92 Å². The average Bonchev–Trinajstić information content (AvgIpc) is 2.86. The smallest absolute Gasteiger partial charge is 0.341 e. The summed E-state index contributed by atoms with van der Waals surface area (Å²) in [5.74, 6) is 0.545. The molecule has 112 valence electrons. The molecular formula is C16H20N2O3. The van der Waals surface area contributed by atoms with Gasteiger partial charge in [0.1, 0.15) is 11.3 Å². The predicted molar refractivity (Wildman–Crippen MR) is 79.5 cm³/mol. The highest BCUT2D eigenvalue weighted by molar-refractivity contribution is 5.90. The Balaban J connectivity index is 1.82. The fourth-order valence-electron chi connectivity index (χ4n) is 2.00. The van der Waals surface area contributed by atoms with Crippen LogP contribution < -0.4 is 4.74 Å². The third-order valence-electron chi connectivity index (χ3n) is 3.12. The number of carbonyl (C=O) groups excluding carboxylic acids is 1. The molecule has 5 heteroatoms. The Morgan fingerprint density at radius 3 is 2.76 bits per heavy atom. The van der Waals surface area contributed by atoms with Gasteiger partial charge in [-0.15, -0.1) is 0 Å². The third kappa shape index (κ3) is 4.08. The van der Waals surface area contributed by atoms with E-state index >= 15 is 0 Å². The van der Waals surface area contributed by atoms with Gasteiger partial charge in [-0.3, -0.25) is 4.68 Å². The van der Waals surface area contributed by atoms with Crippen molar-refractivity contribution in [1.29, 1.82) is 0 Å². The molecule has 0 radical (unpaired) electrons. The standard InChI is InChI=1S/C16H20N2O3/c1-3-20-16(19)15-12-17-18(13(15)2)10-7-11-21-14-8-5-4-6-9-14/h4-6,8-9,12H,3,7,10-11H2,1-2H3. The van der Waals surface area contributed by atoms with E-state index in [0.29, 0.717) is 25.3 Å². The van der Waals surface area contributed by atoms with Gasteiger partial charge in [0, 0.05) is 18.7 Å². The van der Waals surface area contributed by atoms with Crippen LogP contribution in [-0.2, 0) is 11.3 Å². The van der Waals surface area contributed by atoms with Crippen LogP contribution in [-0.4, -0.2) is 29.0 Å². The number of benzene rings is 1. The summed E-state index contributed by atoms with van der Waals surface area (Å²) in [4.78, 5) is 11.7. The molecule has 1 aromatic carbocycles. The lowest BCUT2D eigenvalue weighted by Crippen LogP contribution is -2.09. The number of aromatic nitrogens is 2. The number of ether oxygens (including phenoxy) is 2. The zero-order valence-electron chi connectivity index (χ0n) is 12.4. The topological polar surface area (TPSA) is 53.3 Å². The maximum Gasteiger partial charge on any atom is 0.341 e. The van der Waals surface area contributed by atoms with E-state index in [9.17, 15) is 4.79 Å². The minimum Gasteiger partial charge on any atom is -0.494 e. The molecular weight excluding hydrogens is 268 g/mol. The molecule has 0 saturated heterocycles. The zero-order chi connectivity index (χ0) is 15.1. The Labute approximate surface area is 124 Å². The molecule has 21 heavy (non-hydrogen) atoms. The Bertz CT molecular complexity index is 578. The molecule has 0 amide bonds. The Hall–Kier alpha value is -2.30. The van der Waals surface area contributed by atoms with Gasteiger partial charge in [-0.25, -0.2) is 4.79 Å². The molecule has 0 aliphatic rings. The van der Waals surface area contributed by atoms with E-state index in [2.05, 4.69) is 5.10 Å². The van der Waals surface area contributed by atoms with Crippen LogP contribution in [0.3, 0.4) is 0 Å². The first-order valence-electron chi connectivity index (χ1n) is 7.09. The molecule has 5 nitrogen and oxygen atoms in total. The molecule has 0 unspecified atom stereocenters. The molecule has 0 N–H and O–H groups in total. The van der Waals surface area contributed by atoms with Crippen molar-refractivity contribution in [2.75, 3.05) is 13.2 Å². The summed E-state index contributed by atoms with van der Waals surface area (Å²) < 4.78 is 12.4. The highest BCUT2D eigenvalue weighted by Gasteiger charge is 2.14. The average molecular weight is 288 g/mol. The minimum atomic E-state index is -0.318. The van der Waals surface area contributed by atoms with E-state index in [4.69, 9.17) is 9.47 Å². The fraction of sp³-hybridized carbons (Fsp3) is 0.375. The Morgan fingerprint density at radius 2 is 2.05 bits per heavy atom. The lowest BCUT2D eigenvalue weighted by atomic mass is 10.2. The monoisotopic (exact) mass is 288 g/mol. The lowest BCUT2D eigenvalue weighted by molar-refractivity contribution is 0.0525. The largest absolute Gasteiger partial charge is 0.494 e. The number of hydrogen-bond acceptors (Lipinski definition) is 4. The van der Waals surface area contributed by atoms with Gasteiger partial charge in [-0.2, -0.15) is 5.10 Å². The highest BCUT2D eigenvalue weighted by atomic mass is 16.5. The van der Waals surface area contributed by atoms with Crippen molar-refractivity contribution in [2.24, 2.45) is 0 Å². The minimum absolute atomic E-state index is 0.318. The maximum atomic E-state index is 11.7. The third-order valence-corrected chi connectivity index (χ3v) is 3.12. The van der Waals surface area contributed by atoms with Crippen molar-refractivity contribution in [1.82, 2.24) is 9.78 Å². The fourth-order valence-corrected chi connectivity index (χ4v) is 2.00. The van der Waals surface area contributed by atoms with E-state index in [0.717, 1.165) is 17.9 Å². The van der Waals surface area contributed by atoms with Crippen LogP contribution >= 0.6 is 0 Å². The van der Waals surface area contributed by atoms with Crippen molar-refractivity contribution in [3.63, 3.8) is 0 Å². The quantitative estimate of drug-likeness (QED) is 0.580. The molecule has 0 aliphatic carbocycles. The lowest BCUT2D eigenvalue weighted by Gasteiger charge is -2.07. The number of aryl methyl sites for hydroxylation is 1. The van der Waals surface area contributed by atoms with Crippen LogP contribution in [0.5, 0.6) is 5.75 Å². The number of nitrogens with zero attached hydrogens (tertiary/aromatic N) is 2. The van der Waals surface area contributed by atoms with E-state index in [-0.39, 0.29) is 5.97 Å². The first-order valence-corrected chi connectivity index (χ1v) is 7.09. The molecule has 0 aliphatic heterocycles. The van der Waals surface area contributed by atoms with E-state index in [1.165, 1.54) is 0 Å². The first kappa shape index (κ1) is 15.1. The van der Waals surface area contributed by atoms with Gasteiger partial charge in [0.2, 0.25) is 0 Å². The van der Waals surface area contributed by atoms with Crippen LogP contribution in [0.1, 0.15) is 29.4 Å². The molecule has 0 fully saturated rings. The molecule has 0 atom stereocenters. The van der Waals surface area contributed by atoms with Crippen LogP contribution in [0.2, 0.25) is 0 Å². The summed E-state index contributed by atoms with van der Waals surface area (Å²) in [6.07, 6.45) is 2.38. The second-order valence-corrected chi connectivity index (χ2v) is 4.60. The van der Waals surface area contributed by atoms with Gasteiger partial charge in [-0.1, -0.05) is 18.2 Å². The number of para-hydroxylation sites is 1. The molecule has 0 spiro atoms. The van der Waals surface area contributed by atoms with Crippen molar-refractivity contribution in [3.05, 3.63) is 47.8 Å².